The number of likely N-dealkylation sites (N-methyl/N-ethyl adjacent to an activating group) is 1. The molecule has 0 rings (SSSR count). The van der Waals surface area contributed by atoms with Crippen molar-refractivity contribution in [2.45, 2.75) is 6.92 Å². The number of phosphoric ester groups is 1. The van der Waals surface area contributed by atoms with Crippen LogP contribution in [0.25, 0.3) is 0 Å². The highest BCUT2D eigenvalue weighted by atomic mass is 31.2. The largest absolute Gasteiger partial charge is 0.472 e. The fourth-order valence-electron chi connectivity index (χ4n) is 0.813. The van der Waals surface area contributed by atoms with Crippen molar-refractivity contribution in [2.24, 2.45) is 0 Å². The molecule has 0 aliphatic heterocycles. The molecule has 1 unspecified atom stereocenters. The van der Waals surface area contributed by atoms with Crippen molar-refractivity contribution in [3.05, 3.63) is 12.2 Å². The van der Waals surface area contributed by atoms with Crippen molar-refractivity contribution in [2.75, 3.05) is 40.5 Å². The molecular weight excluding hydrogens is 261 g/mol. The van der Waals surface area contributed by atoms with Crippen LogP contribution in [0.15, 0.2) is 12.2 Å². The van der Waals surface area contributed by atoms with E-state index >= 15 is 0 Å². The van der Waals surface area contributed by atoms with E-state index in [1.165, 1.54) is 6.92 Å². The first-order valence-electron chi connectivity index (χ1n) is 5.48. The van der Waals surface area contributed by atoms with Gasteiger partial charge in [0.1, 0.15) is 19.8 Å². The molecule has 8 heteroatoms. The Hall–Kier alpha value is -0.720. The maximum Gasteiger partial charge on any atom is 0.472 e. The highest BCUT2D eigenvalue weighted by molar-refractivity contribution is 7.47. The molecule has 0 bridgehead atoms. The number of carbonyl (C=O) groups is 1. The van der Waals surface area contributed by atoms with E-state index in [9.17, 15) is 14.3 Å². The van der Waals surface area contributed by atoms with Gasteiger partial charge in [-0.3, -0.25) is 9.05 Å². The van der Waals surface area contributed by atoms with Crippen molar-refractivity contribution in [3.8, 4) is 0 Å². The summed E-state index contributed by atoms with van der Waals surface area (Å²) < 4.78 is 25.3. The predicted octanol–water partition coefficient (Wildman–Crippen LogP) is -0.616. The van der Waals surface area contributed by atoms with E-state index in [0.29, 0.717) is 6.54 Å². The number of nitrogens with one attached hydrogen (secondary N) is 1. The lowest BCUT2D eigenvalue weighted by Crippen LogP contribution is -3.06. The maximum atomic E-state index is 11.3. The summed E-state index contributed by atoms with van der Waals surface area (Å²) in [7, 11) is -0.275. The zero-order valence-electron chi connectivity index (χ0n) is 11.0. The Bertz CT molecular complexity index is 330. The second-order valence-corrected chi connectivity index (χ2v) is 5.46. The molecule has 0 fully saturated rings. The Labute approximate surface area is 107 Å². The number of carbonyl (C=O) groups excluding carboxylic acids is 1. The molecule has 0 aromatic carbocycles. The Balaban J connectivity index is 3.73. The molecule has 0 amide bonds. The Morgan fingerprint density at radius 3 is 2.33 bits per heavy atom. The predicted molar refractivity (Wildman–Crippen MR) is 65.2 cm³/mol. The molecule has 18 heavy (non-hydrogen) atoms. The third-order valence-electron chi connectivity index (χ3n) is 1.78. The molecule has 0 saturated carbocycles. The third kappa shape index (κ3) is 9.32. The minimum absolute atomic E-state index is 0.113. The Morgan fingerprint density at radius 2 is 1.83 bits per heavy atom. The third-order valence-corrected chi connectivity index (χ3v) is 2.79. The van der Waals surface area contributed by atoms with E-state index in [1.807, 2.05) is 14.1 Å². The van der Waals surface area contributed by atoms with Gasteiger partial charge in [-0.15, -0.1) is 0 Å². The van der Waals surface area contributed by atoms with Crippen LogP contribution >= 0.6 is 7.82 Å². The van der Waals surface area contributed by atoms with Crippen LogP contribution < -0.4 is 4.90 Å². The Kier molecular flexibility index (Phi) is 8.06. The lowest BCUT2D eigenvalue weighted by molar-refractivity contribution is -0.858. The lowest BCUT2D eigenvalue weighted by atomic mass is 10.4. The molecule has 106 valence electrons. The average molecular weight is 282 g/mol. The van der Waals surface area contributed by atoms with Gasteiger partial charge in [0, 0.05) is 5.57 Å². The van der Waals surface area contributed by atoms with Gasteiger partial charge in [0.05, 0.1) is 20.7 Å². The molecular formula is C10H21NO6P+. The van der Waals surface area contributed by atoms with E-state index in [4.69, 9.17) is 4.52 Å². The first-order valence-corrected chi connectivity index (χ1v) is 6.97. The van der Waals surface area contributed by atoms with Crippen LogP contribution in [-0.4, -0.2) is 51.3 Å². The average Bonchev–Trinajstić information content (AvgIpc) is 2.23. The molecule has 0 radical (unpaired) electrons. The van der Waals surface area contributed by atoms with Gasteiger partial charge in [-0.2, -0.15) is 0 Å². The van der Waals surface area contributed by atoms with Crippen molar-refractivity contribution in [3.63, 3.8) is 0 Å². The fraction of sp³-hybridized carbons (Fsp3) is 0.700. The molecule has 7 nitrogen and oxygen atoms in total. The number of esters is 1. The lowest BCUT2D eigenvalue weighted by Gasteiger charge is -2.13. The van der Waals surface area contributed by atoms with Gasteiger partial charge < -0.3 is 14.5 Å². The number of hydrogen-bond acceptors (Lipinski definition) is 5. The van der Waals surface area contributed by atoms with E-state index in [2.05, 4.69) is 15.8 Å². The van der Waals surface area contributed by atoms with Crippen LogP contribution in [-0.2, 0) is 23.1 Å². The number of hydrogen-bond donors (Lipinski definition) is 2. The van der Waals surface area contributed by atoms with Crippen LogP contribution in [0, 0.1) is 0 Å². The molecule has 0 aliphatic carbocycles. The molecule has 0 aliphatic rings. The summed E-state index contributed by atoms with van der Waals surface area (Å²) in [5, 5.41) is 0. The zero-order chi connectivity index (χ0) is 14.2. The van der Waals surface area contributed by atoms with Crippen molar-refractivity contribution < 1.29 is 32.9 Å². The summed E-state index contributed by atoms with van der Waals surface area (Å²) in [4.78, 5) is 21.3. The summed E-state index contributed by atoms with van der Waals surface area (Å²) in [5.41, 5.74) is 0.257. The molecule has 0 aromatic rings. The SMILES string of the molecule is C=C(C)C(=O)OCCOP(=O)(O)OCC[NH+](C)C. The van der Waals surface area contributed by atoms with Gasteiger partial charge in [0.2, 0.25) is 0 Å². The van der Waals surface area contributed by atoms with Crippen molar-refractivity contribution >= 4 is 13.8 Å². The Morgan fingerprint density at radius 1 is 1.28 bits per heavy atom. The first-order chi connectivity index (χ1) is 8.24. The smallest absolute Gasteiger partial charge is 0.460 e. The van der Waals surface area contributed by atoms with Gasteiger partial charge >= 0.3 is 13.8 Å². The van der Waals surface area contributed by atoms with E-state index in [1.54, 1.807) is 0 Å². The topological polar surface area (TPSA) is 86.5 Å². The molecule has 0 spiro atoms. The second-order valence-electron chi connectivity index (χ2n) is 4.01. The summed E-state index contributed by atoms with van der Waals surface area (Å²) in [5.74, 6) is -0.566. The highest BCUT2D eigenvalue weighted by Crippen LogP contribution is 2.42. The number of rotatable bonds is 9. The summed E-state index contributed by atoms with van der Waals surface area (Å²) >= 11 is 0. The molecule has 2 N–H and O–H groups in total. The van der Waals surface area contributed by atoms with E-state index < -0.39 is 13.8 Å². The molecule has 0 saturated heterocycles. The van der Waals surface area contributed by atoms with Gasteiger partial charge in [-0.25, -0.2) is 9.36 Å². The number of quaternary nitrogens is 1. The number of phosphoric acid groups is 1. The van der Waals surface area contributed by atoms with Crippen LogP contribution in [0.2, 0.25) is 0 Å². The number of ether oxygens (including phenoxy) is 1. The van der Waals surface area contributed by atoms with Gasteiger partial charge in [-0.1, -0.05) is 6.58 Å². The fourth-order valence-corrected chi connectivity index (χ4v) is 1.51. The minimum atomic E-state index is -4.06. The van der Waals surface area contributed by atoms with Crippen LogP contribution in [0.1, 0.15) is 6.92 Å². The zero-order valence-corrected chi connectivity index (χ0v) is 11.9. The van der Waals surface area contributed by atoms with Gasteiger partial charge in [0.25, 0.3) is 0 Å². The van der Waals surface area contributed by atoms with Crippen molar-refractivity contribution in [1.29, 1.82) is 0 Å². The maximum absolute atomic E-state index is 11.3. The molecule has 0 heterocycles. The van der Waals surface area contributed by atoms with Gasteiger partial charge in [0.15, 0.2) is 0 Å². The molecule has 0 aromatic heterocycles. The van der Waals surface area contributed by atoms with E-state index in [-0.39, 0.29) is 25.4 Å². The quantitative estimate of drug-likeness (QED) is 0.254. The summed E-state index contributed by atoms with van der Waals surface area (Å²) in [6.45, 7) is 5.26. The molecule has 1 atom stereocenters. The van der Waals surface area contributed by atoms with Crippen molar-refractivity contribution in [1.82, 2.24) is 0 Å². The first kappa shape index (κ1) is 17.3. The summed E-state index contributed by atoms with van der Waals surface area (Å²) in [6.07, 6.45) is 0. The monoisotopic (exact) mass is 282 g/mol. The van der Waals surface area contributed by atoms with Crippen LogP contribution in [0.3, 0.4) is 0 Å². The standard InChI is InChI=1S/C10H20NO6P/c1-9(2)10(12)15-7-8-17-18(13,14)16-6-5-11(3)4/h1,5-8H2,2-4H3,(H,13,14)/p+1. The highest BCUT2D eigenvalue weighted by Gasteiger charge is 2.21. The van der Waals surface area contributed by atoms with Gasteiger partial charge in [-0.05, 0) is 6.92 Å². The normalized spacial score (nSPS) is 14.3. The second kappa shape index (κ2) is 8.39. The van der Waals surface area contributed by atoms with Crippen LogP contribution in [0.4, 0.5) is 0 Å². The minimum Gasteiger partial charge on any atom is -0.460 e. The summed E-state index contributed by atoms with van der Waals surface area (Å²) in [6, 6.07) is 0. The van der Waals surface area contributed by atoms with Crippen LogP contribution in [0.5, 0.6) is 0 Å². The van der Waals surface area contributed by atoms with E-state index in [0.717, 1.165) is 4.90 Å².